The molecule has 4 nitrogen and oxygen atoms in total. The van der Waals surface area contributed by atoms with Gasteiger partial charge < -0.3 is 5.32 Å². The number of anilines is 1. The van der Waals surface area contributed by atoms with Crippen molar-refractivity contribution in [2.24, 2.45) is 0 Å². The van der Waals surface area contributed by atoms with Gasteiger partial charge in [0.05, 0.1) is 4.90 Å². The molecule has 0 bridgehead atoms. The average Bonchev–Trinajstić information content (AvgIpc) is 2.43. The molecule has 112 valence electrons. The van der Waals surface area contributed by atoms with Crippen molar-refractivity contribution in [1.82, 2.24) is 5.32 Å². The molecule has 0 heterocycles. The van der Waals surface area contributed by atoms with Gasteiger partial charge in [0.15, 0.2) is 0 Å². The third-order valence-electron chi connectivity index (χ3n) is 3.05. The number of rotatable bonds is 5. The Labute approximate surface area is 124 Å². The van der Waals surface area contributed by atoms with Gasteiger partial charge in [0.25, 0.3) is 10.0 Å². The fourth-order valence-electron chi connectivity index (χ4n) is 2.01. The van der Waals surface area contributed by atoms with Gasteiger partial charge in [-0.15, -0.1) is 0 Å². The minimum Gasteiger partial charge on any atom is -0.316 e. The van der Waals surface area contributed by atoms with Crippen LogP contribution >= 0.6 is 0 Å². The van der Waals surface area contributed by atoms with Crippen LogP contribution in [0.2, 0.25) is 0 Å². The number of hydrogen-bond acceptors (Lipinski definition) is 3. The van der Waals surface area contributed by atoms with Gasteiger partial charge in [0.2, 0.25) is 0 Å². The van der Waals surface area contributed by atoms with Gasteiger partial charge in [-0.3, -0.25) is 4.72 Å². The van der Waals surface area contributed by atoms with Crippen LogP contribution in [0.25, 0.3) is 0 Å². The first-order valence-electron chi connectivity index (χ1n) is 6.45. The van der Waals surface area contributed by atoms with E-state index in [1.165, 1.54) is 19.1 Å². The summed E-state index contributed by atoms with van der Waals surface area (Å²) in [7, 11) is -2.11. The molecule has 0 aliphatic carbocycles. The molecule has 2 aromatic carbocycles. The van der Waals surface area contributed by atoms with Crippen molar-refractivity contribution in [3.05, 3.63) is 59.4 Å². The summed E-state index contributed by atoms with van der Waals surface area (Å²) in [4.78, 5) is -0.0448. The molecule has 0 aliphatic heterocycles. The maximum atomic E-state index is 13.9. The van der Waals surface area contributed by atoms with E-state index in [1.807, 2.05) is 0 Å². The highest BCUT2D eigenvalue weighted by Gasteiger charge is 2.20. The minimum atomic E-state index is -3.83. The fourth-order valence-corrected chi connectivity index (χ4v) is 3.37. The smallest absolute Gasteiger partial charge is 0.262 e. The largest absolute Gasteiger partial charge is 0.316 e. The van der Waals surface area contributed by atoms with E-state index in [-0.39, 0.29) is 10.5 Å². The SMILES string of the molecule is CNCc1cc(F)c(C)c(S(=O)(=O)Nc2ccccc2)c1. The van der Waals surface area contributed by atoms with Crippen LogP contribution in [0.5, 0.6) is 0 Å². The lowest BCUT2D eigenvalue weighted by Gasteiger charge is -2.13. The van der Waals surface area contributed by atoms with Crippen molar-refractivity contribution in [1.29, 1.82) is 0 Å². The molecule has 0 radical (unpaired) electrons. The van der Waals surface area contributed by atoms with E-state index in [4.69, 9.17) is 0 Å². The molecule has 0 unspecified atom stereocenters. The second-order valence-corrected chi connectivity index (χ2v) is 6.35. The summed E-state index contributed by atoms with van der Waals surface area (Å²) < 4.78 is 41.2. The summed E-state index contributed by atoms with van der Waals surface area (Å²) >= 11 is 0. The lowest BCUT2D eigenvalue weighted by Crippen LogP contribution is -2.16. The highest BCUT2D eigenvalue weighted by atomic mass is 32.2. The minimum absolute atomic E-state index is 0.0448. The quantitative estimate of drug-likeness (QED) is 0.893. The van der Waals surface area contributed by atoms with Gasteiger partial charge in [-0.1, -0.05) is 18.2 Å². The highest BCUT2D eigenvalue weighted by Crippen LogP contribution is 2.23. The third kappa shape index (κ3) is 3.59. The van der Waals surface area contributed by atoms with Crippen molar-refractivity contribution in [3.8, 4) is 0 Å². The third-order valence-corrected chi connectivity index (χ3v) is 4.56. The molecular weight excluding hydrogens is 291 g/mol. The first-order chi connectivity index (χ1) is 9.94. The Morgan fingerprint density at radius 3 is 2.43 bits per heavy atom. The van der Waals surface area contributed by atoms with E-state index in [9.17, 15) is 12.8 Å². The molecular formula is C15H17FN2O2S. The van der Waals surface area contributed by atoms with Gasteiger partial charge in [0.1, 0.15) is 5.82 Å². The second kappa shape index (κ2) is 6.24. The van der Waals surface area contributed by atoms with Crippen molar-refractivity contribution in [3.63, 3.8) is 0 Å². The molecule has 0 saturated carbocycles. The summed E-state index contributed by atoms with van der Waals surface area (Å²) in [6.45, 7) is 1.85. The lowest BCUT2D eigenvalue weighted by atomic mass is 10.1. The zero-order valence-corrected chi connectivity index (χ0v) is 12.7. The molecule has 0 spiro atoms. The van der Waals surface area contributed by atoms with E-state index < -0.39 is 15.8 Å². The summed E-state index contributed by atoms with van der Waals surface area (Å²) in [5, 5.41) is 2.88. The number of para-hydroxylation sites is 1. The number of halogens is 1. The Morgan fingerprint density at radius 2 is 1.81 bits per heavy atom. The lowest BCUT2D eigenvalue weighted by molar-refractivity contribution is 0.588. The standard InChI is InChI=1S/C15H17FN2O2S/c1-11-14(16)8-12(10-17-2)9-15(11)21(19,20)18-13-6-4-3-5-7-13/h3-9,17-18H,10H2,1-2H3. The van der Waals surface area contributed by atoms with Crippen molar-refractivity contribution in [2.45, 2.75) is 18.4 Å². The van der Waals surface area contributed by atoms with Crippen LogP contribution in [-0.4, -0.2) is 15.5 Å². The van der Waals surface area contributed by atoms with Crippen LogP contribution in [0, 0.1) is 12.7 Å². The summed E-state index contributed by atoms with van der Waals surface area (Å²) in [5.74, 6) is -0.531. The van der Waals surface area contributed by atoms with Crippen LogP contribution in [0.15, 0.2) is 47.4 Å². The van der Waals surface area contributed by atoms with E-state index in [2.05, 4.69) is 10.0 Å². The Bertz CT molecular complexity index is 731. The number of benzene rings is 2. The van der Waals surface area contributed by atoms with Crippen LogP contribution < -0.4 is 10.0 Å². The van der Waals surface area contributed by atoms with Crippen LogP contribution in [0.1, 0.15) is 11.1 Å². The number of sulfonamides is 1. The Kier molecular flexibility index (Phi) is 4.59. The predicted octanol–water partition coefficient (Wildman–Crippen LogP) is 2.65. The normalized spacial score (nSPS) is 11.4. The molecule has 2 aromatic rings. The first kappa shape index (κ1) is 15.5. The monoisotopic (exact) mass is 308 g/mol. The van der Waals surface area contributed by atoms with Crippen molar-refractivity contribution in [2.75, 3.05) is 11.8 Å². The highest BCUT2D eigenvalue weighted by molar-refractivity contribution is 7.92. The summed E-state index contributed by atoms with van der Waals surface area (Å²) in [5.41, 5.74) is 1.13. The van der Waals surface area contributed by atoms with Crippen molar-refractivity contribution < 1.29 is 12.8 Å². The molecule has 0 fully saturated rings. The zero-order chi connectivity index (χ0) is 15.5. The first-order valence-corrected chi connectivity index (χ1v) is 7.94. The number of hydrogen-bond donors (Lipinski definition) is 2. The van der Waals surface area contributed by atoms with E-state index in [1.54, 1.807) is 37.4 Å². The maximum absolute atomic E-state index is 13.9. The van der Waals surface area contributed by atoms with Crippen LogP contribution in [-0.2, 0) is 16.6 Å². The molecule has 0 aliphatic rings. The molecule has 2 N–H and O–H groups in total. The molecule has 2 rings (SSSR count). The molecule has 21 heavy (non-hydrogen) atoms. The van der Waals surface area contributed by atoms with Gasteiger partial charge in [0, 0.05) is 17.8 Å². The van der Waals surface area contributed by atoms with E-state index >= 15 is 0 Å². The Hall–Kier alpha value is -1.92. The number of nitrogens with one attached hydrogen (secondary N) is 2. The molecule has 0 saturated heterocycles. The topological polar surface area (TPSA) is 58.2 Å². The Balaban J connectivity index is 2.44. The van der Waals surface area contributed by atoms with E-state index in [0.29, 0.717) is 17.8 Å². The average molecular weight is 308 g/mol. The molecule has 0 atom stereocenters. The van der Waals surface area contributed by atoms with Gasteiger partial charge in [-0.25, -0.2) is 12.8 Å². The Morgan fingerprint density at radius 1 is 1.14 bits per heavy atom. The predicted molar refractivity (Wildman–Crippen MR) is 81.2 cm³/mol. The van der Waals surface area contributed by atoms with Crippen LogP contribution in [0.4, 0.5) is 10.1 Å². The zero-order valence-electron chi connectivity index (χ0n) is 11.9. The molecule has 6 heteroatoms. The van der Waals surface area contributed by atoms with Gasteiger partial charge >= 0.3 is 0 Å². The maximum Gasteiger partial charge on any atom is 0.262 e. The summed E-state index contributed by atoms with van der Waals surface area (Å²) in [6.07, 6.45) is 0. The van der Waals surface area contributed by atoms with Gasteiger partial charge in [-0.05, 0) is 43.8 Å². The van der Waals surface area contributed by atoms with Crippen LogP contribution in [0.3, 0.4) is 0 Å². The second-order valence-electron chi connectivity index (χ2n) is 4.70. The fraction of sp³-hybridized carbons (Fsp3) is 0.200. The van der Waals surface area contributed by atoms with E-state index in [0.717, 1.165) is 0 Å². The molecule has 0 amide bonds. The van der Waals surface area contributed by atoms with Crippen molar-refractivity contribution >= 4 is 15.7 Å². The summed E-state index contributed by atoms with van der Waals surface area (Å²) in [6, 6.07) is 11.3. The van der Waals surface area contributed by atoms with Gasteiger partial charge in [-0.2, -0.15) is 0 Å². The molecule has 0 aromatic heterocycles.